The van der Waals surface area contributed by atoms with Crippen molar-refractivity contribution in [3.63, 3.8) is 0 Å². The molecule has 2 saturated heterocycles. The zero-order valence-electron chi connectivity index (χ0n) is 13.0. The first-order valence-electron chi connectivity index (χ1n) is 7.87. The lowest BCUT2D eigenvalue weighted by Gasteiger charge is -2.20. The van der Waals surface area contributed by atoms with Gasteiger partial charge in [-0.25, -0.2) is 4.39 Å². The fraction of sp³-hybridized carbons (Fsp3) is 0.412. The smallest absolute Gasteiger partial charge is 0.231 e. The van der Waals surface area contributed by atoms with Gasteiger partial charge < -0.3 is 4.90 Å². The fourth-order valence-corrected chi connectivity index (χ4v) is 3.71. The summed E-state index contributed by atoms with van der Waals surface area (Å²) >= 11 is 0. The zero-order chi connectivity index (χ0) is 16.0. The molecule has 0 unspecified atom stereocenters. The molecule has 0 aliphatic carbocycles. The molecule has 1 aromatic carbocycles. The first-order chi connectivity index (χ1) is 11.1. The van der Waals surface area contributed by atoms with Crippen LogP contribution < -0.4 is 4.90 Å². The van der Waals surface area contributed by atoms with Gasteiger partial charge in [0.25, 0.3) is 0 Å². The Labute approximate surface area is 134 Å². The van der Waals surface area contributed by atoms with E-state index in [9.17, 15) is 9.18 Å². The summed E-state index contributed by atoms with van der Waals surface area (Å²) in [7, 11) is 1.86. The Balaban J connectivity index is 1.42. The number of aryl methyl sites for hydroxylation is 1. The summed E-state index contributed by atoms with van der Waals surface area (Å²) in [6.45, 7) is 3.21. The summed E-state index contributed by atoms with van der Waals surface area (Å²) in [5, 5.41) is 4.15. The Bertz CT molecular complexity index is 726. The number of fused-ring (bicyclic) bond motifs is 1. The first-order valence-corrected chi connectivity index (χ1v) is 7.87. The highest BCUT2D eigenvalue weighted by molar-refractivity contribution is 5.97. The molecular formula is C17H19FN4O. The lowest BCUT2D eigenvalue weighted by molar-refractivity contribution is -0.120. The Morgan fingerprint density at radius 2 is 2.00 bits per heavy atom. The van der Waals surface area contributed by atoms with Crippen molar-refractivity contribution in [1.82, 2.24) is 14.7 Å². The van der Waals surface area contributed by atoms with Gasteiger partial charge in [0.1, 0.15) is 5.82 Å². The van der Waals surface area contributed by atoms with Crippen LogP contribution in [0.3, 0.4) is 0 Å². The van der Waals surface area contributed by atoms with Gasteiger partial charge in [0, 0.05) is 45.3 Å². The third-order valence-corrected chi connectivity index (χ3v) is 4.84. The Hall–Kier alpha value is -2.21. The predicted octanol–water partition coefficient (Wildman–Crippen LogP) is 1.65. The van der Waals surface area contributed by atoms with Crippen molar-refractivity contribution < 1.29 is 9.18 Å². The van der Waals surface area contributed by atoms with Crippen molar-refractivity contribution in [3.8, 4) is 0 Å². The number of carbonyl (C=O) groups excluding carboxylic acids is 1. The van der Waals surface area contributed by atoms with Gasteiger partial charge in [-0.2, -0.15) is 5.10 Å². The Morgan fingerprint density at radius 3 is 2.65 bits per heavy atom. The van der Waals surface area contributed by atoms with Gasteiger partial charge in [0.15, 0.2) is 0 Å². The molecule has 2 fully saturated rings. The number of nitrogens with zero attached hydrogens (tertiary/aromatic N) is 4. The van der Waals surface area contributed by atoms with E-state index in [4.69, 9.17) is 0 Å². The monoisotopic (exact) mass is 314 g/mol. The van der Waals surface area contributed by atoms with E-state index in [2.05, 4.69) is 10.00 Å². The maximum absolute atomic E-state index is 13.0. The second-order valence-corrected chi connectivity index (χ2v) is 6.51. The number of amides is 1. The van der Waals surface area contributed by atoms with E-state index in [0.717, 1.165) is 37.4 Å². The van der Waals surface area contributed by atoms with Crippen LogP contribution in [-0.4, -0.2) is 40.2 Å². The molecule has 0 spiro atoms. The SMILES string of the molecule is Cn1cc(N2C[C@@H]3CN(Cc4ccc(F)cc4)C[C@@H]3C2=O)cn1. The topological polar surface area (TPSA) is 41.4 Å². The summed E-state index contributed by atoms with van der Waals surface area (Å²) in [6.07, 6.45) is 3.63. The van der Waals surface area contributed by atoms with E-state index in [1.807, 2.05) is 30.3 Å². The summed E-state index contributed by atoms with van der Waals surface area (Å²) in [6, 6.07) is 6.60. The van der Waals surface area contributed by atoms with Gasteiger partial charge in [-0.1, -0.05) is 12.1 Å². The Morgan fingerprint density at radius 1 is 1.22 bits per heavy atom. The van der Waals surface area contributed by atoms with E-state index in [0.29, 0.717) is 5.92 Å². The molecule has 23 heavy (non-hydrogen) atoms. The van der Waals surface area contributed by atoms with E-state index in [1.54, 1.807) is 10.9 Å². The maximum atomic E-state index is 13.0. The van der Waals surface area contributed by atoms with E-state index in [-0.39, 0.29) is 17.6 Å². The number of halogens is 1. The first kappa shape index (κ1) is 14.4. The van der Waals surface area contributed by atoms with Crippen LogP contribution in [0.5, 0.6) is 0 Å². The normalized spacial score (nSPS) is 24.4. The highest BCUT2D eigenvalue weighted by atomic mass is 19.1. The number of anilines is 1. The number of likely N-dealkylation sites (tertiary alicyclic amines) is 1. The number of benzene rings is 1. The molecule has 4 rings (SSSR count). The largest absolute Gasteiger partial charge is 0.309 e. The standard InChI is InChI=1S/C17H19FN4O/c1-20-10-15(6-19-20)22-9-13-8-21(11-16(13)17(22)23)7-12-2-4-14(18)5-3-12/h2-6,10,13,16H,7-9,11H2,1H3/t13-,16-/m0/s1. The van der Waals surface area contributed by atoms with Crippen LogP contribution in [-0.2, 0) is 18.4 Å². The van der Waals surface area contributed by atoms with Crippen LogP contribution in [0.25, 0.3) is 0 Å². The van der Waals surface area contributed by atoms with E-state index in [1.165, 1.54) is 12.1 Å². The lowest BCUT2D eigenvalue weighted by atomic mass is 10.0. The molecule has 0 bridgehead atoms. The average Bonchev–Trinajstić information content (AvgIpc) is 3.19. The summed E-state index contributed by atoms with van der Waals surface area (Å²) in [5.74, 6) is 0.415. The van der Waals surface area contributed by atoms with Crippen molar-refractivity contribution >= 4 is 11.6 Å². The van der Waals surface area contributed by atoms with Gasteiger partial charge >= 0.3 is 0 Å². The molecule has 3 heterocycles. The van der Waals surface area contributed by atoms with Gasteiger partial charge in [-0.3, -0.25) is 14.4 Å². The van der Waals surface area contributed by atoms with Crippen molar-refractivity contribution in [1.29, 1.82) is 0 Å². The summed E-state index contributed by atoms with van der Waals surface area (Å²) in [4.78, 5) is 16.8. The predicted molar refractivity (Wildman–Crippen MR) is 84.2 cm³/mol. The van der Waals surface area contributed by atoms with Gasteiger partial charge in [-0.15, -0.1) is 0 Å². The number of rotatable bonds is 3. The summed E-state index contributed by atoms with van der Waals surface area (Å²) < 4.78 is 14.7. The third kappa shape index (κ3) is 2.63. The molecular weight excluding hydrogens is 295 g/mol. The molecule has 0 N–H and O–H groups in total. The van der Waals surface area contributed by atoms with Crippen LogP contribution in [0.2, 0.25) is 0 Å². The molecule has 2 atom stereocenters. The number of aromatic nitrogens is 2. The molecule has 1 amide bonds. The lowest BCUT2D eigenvalue weighted by Crippen LogP contribution is -2.32. The minimum absolute atomic E-state index is 0.0654. The molecule has 2 aromatic rings. The quantitative estimate of drug-likeness (QED) is 0.865. The molecule has 5 nitrogen and oxygen atoms in total. The van der Waals surface area contributed by atoms with Gasteiger partial charge in [0.05, 0.1) is 17.8 Å². The minimum Gasteiger partial charge on any atom is -0.309 e. The average molecular weight is 314 g/mol. The summed E-state index contributed by atoms with van der Waals surface area (Å²) in [5.41, 5.74) is 1.97. The third-order valence-electron chi connectivity index (χ3n) is 4.84. The van der Waals surface area contributed by atoms with Gasteiger partial charge in [0.2, 0.25) is 5.91 Å². The van der Waals surface area contributed by atoms with Crippen LogP contribution >= 0.6 is 0 Å². The van der Waals surface area contributed by atoms with Crippen LogP contribution in [0.15, 0.2) is 36.7 Å². The van der Waals surface area contributed by atoms with E-state index >= 15 is 0 Å². The second-order valence-electron chi connectivity index (χ2n) is 6.51. The highest BCUT2D eigenvalue weighted by Gasteiger charge is 2.46. The molecule has 2 aliphatic rings. The zero-order valence-corrected chi connectivity index (χ0v) is 13.0. The van der Waals surface area contributed by atoms with Crippen LogP contribution in [0.4, 0.5) is 10.1 Å². The fourth-order valence-electron chi connectivity index (χ4n) is 3.71. The molecule has 6 heteroatoms. The second kappa shape index (κ2) is 5.45. The van der Waals surface area contributed by atoms with Crippen LogP contribution in [0, 0.1) is 17.7 Å². The van der Waals surface area contributed by atoms with Crippen molar-refractivity contribution in [2.24, 2.45) is 18.9 Å². The maximum Gasteiger partial charge on any atom is 0.231 e. The van der Waals surface area contributed by atoms with E-state index < -0.39 is 0 Å². The molecule has 1 aromatic heterocycles. The van der Waals surface area contributed by atoms with Crippen molar-refractivity contribution in [2.75, 3.05) is 24.5 Å². The van der Waals surface area contributed by atoms with Crippen molar-refractivity contribution in [3.05, 3.63) is 48.0 Å². The molecule has 0 radical (unpaired) electrons. The minimum atomic E-state index is -0.214. The number of carbonyl (C=O) groups is 1. The number of hydrogen-bond acceptors (Lipinski definition) is 3. The molecule has 120 valence electrons. The molecule has 2 aliphatic heterocycles. The number of hydrogen-bond donors (Lipinski definition) is 0. The Kier molecular flexibility index (Phi) is 3.41. The van der Waals surface area contributed by atoms with Crippen molar-refractivity contribution in [2.45, 2.75) is 6.54 Å². The molecule has 0 saturated carbocycles. The van der Waals surface area contributed by atoms with Crippen LogP contribution in [0.1, 0.15) is 5.56 Å². The van der Waals surface area contributed by atoms with Gasteiger partial charge in [-0.05, 0) is 17.7 Å². The highest BCUT2D eigenvalue weighted by Crippen LogP contribution is 2.35.